The summed E-state index contributed by atoms with van der Waals surface area (Å²) in [7, 11) is 3.66. The Kier molecular flexibility index (Phi) is 7.17. The molecule has 0 aromatic carbocycles. The summed E-state index contributed by atoms with van der Waals surface area (Å²) < 4.78 is 1.93. The molecule has 98 valence electrons. The van der Waals surface area contributed by atoms with E-state index >= 15 is 0 Å². The first-order chi connectivity index (χ1) is 7.56. The lowest BCUT2D eigenvalue weighted by atomic mass is 10.1. The second kappa shape index (κ2) is 7.52. The van der Waals surface area contributed by atoms with E-state index in [1.165, 1.54) is 11.3 Å². The molecule has 0 fully saturated rings. The highest BCUT2D eigenvalue weighted by atomic mass is 127. The number of halogens is 1. The lowest BCUT2D eigenvalue weighted by molar-refractivity contribution is 0.726. The Morgan fingerprint density at radius 2 is 2.12 bits per heavy atom. The van der Waals surface area contributed by atoms with Crippen LogP contribution in [0.15, 0.2) is 4.99 Å². The second-order valence-electron chi connectivity index (χ2n) is 3.91. The molecule has 0 aliphatic heterocycles. The molecule has 0 aliphatic carbocycles. The van der Waals surface area contributed by atoms with Crippen molar-refractivity contribution in [2.45, 2.75) is 26.7 Å². The molecular weight excluding hydrogens is 329 g/mol. The molecule has 1 aromatic rings. The molecule has 0 spiro atoms. The molecule has 0 unspecified atom stereocenters. The number of nitrogens with zero attached hydrogens (tertiary/aromatic N) is 3. The van der Waals surface area contributed by atoms with Crippen LogP contribution in [0, 0.1) is 13.8 Å². The SMILES string of the molecule is CN=C(N)NCCCc1c(C)nn(C)c1C.I. The summed E-state index contributed by atoms with van der Waals surface area (Å²) in [6.07, 6.45) is 2.05. The normalized spacial score (nSPS) is 11.2. The third-order valence-corrected chi connectivity index (χ3v) is 2.81. The number of rotatable bonds is 4. The van der Waals surface area contributed by atoms with E-state index in [0.29, 0.717) is 5.96 Å². The highest BCUT2D eigenvalue weighted by Gasteiger charge is 2.08. The van der Waals surface area contributed by atoms with Gasteiger partial charge >= 0.3 is 0 Å². The van der Waals surface area contributed by atoms with Gasteiger partial charge in [0.2, 0.25) is 0 Å². The van der Waals surface area contributed by atoms with Gasteiger partial charge in [0.15, 0.2) is 5.96 Å². The molecule has 1 aromatic heterocycles. The molecule has 17 heavy (non-hydrogen) atoms. The van der Waals surface area contributed by atoms with Gasteiger partial charge in [0.1, 0.15) is 0 Å². The van der Waals surface area contributed by atoms with E-state index in [1.54, 1.807) is 7.05 Å². The van der Waals surface area contributed by atoms with Crippen molar-refractivity contribution >= 4 is 29.9 Å². The molecule has 1 heterocycles. The quantitative estimate of drug-likeness (QED) is 0.370. The van der Waals surface area contributed by atoms with Gasteiger partial charge in [-0.05, 0) is 32.3 Å². The van der Waals surface area contributed by atoms with Gasteiger partial charge in [0, 0.05) is 26.3 Å². The lowest BCUT2D eigenvalue weighted by Crippen LogP contribution is -2.32. The topological polar surface area (TPSA) is 68.2 Å². The van der Waals surface area contributed by atoms with E-state index in [9.17, 15) is 0 Å². The third kappa shape index (κ3) is 4.53. The van der Waals surface area contributed by atoms with Gasteiger partial charge in [-0.25, -0.2) is 0 Å². The van der Waals surface area contributed by atoms with Gasteiger partial charge in [-0.15, -0.1) is 24.0 Å². The zero-order valence-electron chi connectivity index (χ0n) is 10.9. The molecule has 6 heteroatoms. The van der Waals surface area contributed by atoms with Gasteiger partial charge in [-0.3, -0.25) is 9.67 Å². The minimum Gasteiger partial charge on any atom is -0.370 e. The summed E-state index contributed by atoms with van der Waals surface area (Å²) in [6, 6.07) is 0. The van der Waals surface area contributed by atoms with Crippen LogP contribution in [0.1, 0.15) is 23.4 Å². The molecular formula is C11H22IN5. The fourth-order valence-electron chi connectivity index (χ4n) is 1.74. The molecule has 0 saturated carbocycles. The number of hydrogen-bond acceptors (Lipinski definition) is 2. The third-order valence-electron chi connectivity index (χ3n) is 2.81. The Hall–Kier alpha value is -0.790. The zero-order valence-corrected chi connectivity index (χ0v) is 13.3. The van der Waals surface area contributed by atoms with Crippen LogP contribution in [-0.2, 0) is 13.5 Å². The van der Waals surface area contributed by atoms with Crippen molar-refractivity contribution in [3.8, 4) is 0 Å². The molecule has 0 radical (unpaired) electrons. The van der Waals surface area contributed by atoms with Crippen molar-refractivity contribution in [1.29, 1.82) is 0 Å². The van der Waals surface area contributed by atoms with Crippen LogP contribution in [0.25, 0.3) is 0 Å². The first-order valence-electron chi connectivity index (χ1n) is 5.51. The fourth-order valence-corrected chi connectivity index (χ4v) is 1.74. The van der Waals surface area contributed by atoms with Crippen molar-refractivity contribution in [2.24, 2.45) is 17.8 Å². The highest BCUT2D eigenvalue weighted by Crippen LogP contribution is 2.13. The Balaban J connectivity index is 0.00000256. The average molecular weight is 351 g/mol. The van der Waals surface area contributed by atoms with Crippen LogP contribution in [0.5, 0.6) is 0 Å². The number of hydrogen-bond donors (Lipinski definition) is 2. The number of aliphatic imine (C=N–C) groups is 1. The maximum atomic E-state index is 5.54. The van der Waals surface area contributed by atoms with E-state index in [2.05, 4.69) is 29.3 Å². The van der Waals surface area contributed by atoms with Crippen LogP contribution >= 0.6 is 24.0 Å². The van der Waals surface area contributed by atoms with Crippen LogP contribution in [0.4, 0.5) is 0 Å². The maximum Gasteiger partial charge on any atom is 0.188 e. The Morgan fingerprint density at radius 3 is 2.59 bits per heavy atom. The highest BCUT2D eigenvalue weighted by molar-refractivity contribution is 14.0. The smallest absolute Gasteiger partial charge is 0.188 e. The van der Waals surface area contributed by atoms with E-state index < -0.39 is 0 Å². The molecule has 0 aliphatic rings. The summed E-state index contributed by atoms with van der Waals surface area (Å²) in [5.41, 5.74) is 9.25. The molecule has 0 atom stereocenters. The monoisotopic (exact) mass is 351 g/mol. The Labute approximate surface area is 120 Å². The zero-order chi connectivity index (χ0) is 12.1. The largest absolute Gasteiger partial charge is 0.370 e. The summed E-state index contributed by atoms with van der Waals surface area (Å²) in [4.78, 5) is 3.84. The van der Waals surface area contributed by atoms with E-state index in [4.69, 9.17) is 5.73 Å². The van der Waals surface area contributed by atoms with Gasteiger partial charge in [0.05, 0.1) is 5.69 Å². The molecule has 0 saturated heterocycles. The van der Waals surface area contributed by atoms with Crippen LogP contribution in [0.2, 0.25) is 0 Å². The van der Waals surface area contributed by atoms with E-state index in [-0.39, 0.29) is 24.0 Å². The number of aryl methyl sites for hydroxylation is 2. The number of guanidine groups is 1. The second-order valence-corrected chi connectivity index (χ2v) is 3.91. The van der Waals surface area contributed by atoms with Gasteiger partial charge in [0.25, 0.3) is 0 Å². The predicted molar refractivity (Wildman–Crippen MR) is 82.0 cm³/mol. The van der Waals surface area contributed by atoms with Gasteiger partial charge in [-0.2, -0.15) is 5.10 Å². The summed E-state index contributed by atoms with van der Waals surface area (Å²) in [5.74, 6) is 0.500. The summed E-state index contributed by atoms with van der Waals surface area (Å²) in [6.45, 7) is 5.00. The van der Waals surface area contributed by atoms with Crippen molar-refractivity contribution in [3.63, 3.8) is 0 Å². The van der Waals surface area contributed by atoms with Crippen molar-refractivity contribution in [1.82, 2.24) is 15.1 Å². The Morgan fingerprint density at radius 1 is 1.47 bits per heavy atom. The molecule has 3 N–H and O–H groups in total. The standard InChI is InChI=1S/C11H21N5.HI/c1-8-10(9(2)16(4)15-8)6-5-7-14-11(12)13-3;/h5-7H2,1-4H3,(H3,12,13,14);1H. The minimum atomic E-state index is 0. The lowest BCUT2D eigenvalue weighted by Gasteiger charge is -2.05. The van der Waals surface area contributed by atoms with Crippen LogP contribution < -0.4 is 11.1 Å². The average Bonchev–Trinajstić information content (AvgIpc) is 2.49. The van der Waals surface area contributed by atoms with Gasteiger partial charge in [-0.1, -0.05) is 0 Å². The van der Waals surface area contributed by atoms with Crippen LogP contribution in [-0.4, -0.2) is 29.3 Å². The fraction of sp³-hybridized carbons (Fsp3) is 0.636. The van der Waals surface area contributed by atoms with E-state index in [1.807, 2.05) is 11.7 Å². The predicted octanol–water partition coefficient (Wildman–Crippen LogP) is 1.12. The van der Waals surface area contributed by atoms with Crippen LogP contribution in [0.3, 0.4) is 0 Å². The summed E-state index contributed by atoms with van der Waals surface area (Å²) in [5, 5.41) is 7.44. The van der Waals surface area contributed by atoms with Crippen molar-refractivity contribution in [3.05, 3.63) is 17.0 Å². The maximum absolute atomic E-state index is 5.54. The van der Waals surface area contributed by atoms with E-state index in [0.717, 1.165) is 25.1 Å². The number of nitrogens with one attached hydrogen (secondary N) is 1. The van der Waals surface area contributed by atoms with Gasteiger partial charge < -0.3 is 11.1 Å². The first-order valence-corrected chi connectivity index (χ1v) is 5.51. The summed E-state index contributed by atoms with van der Waals surface area (Å²) >= 11 is 0. The minimum absolute atomic E-state index is 0. The first kappa shape index (κ1) is 16.2. The molecule has 0 amide bonds. The van der Waals surface area contributed by atoms with Crippen molar-refractivity contribution < 1.29 is 0 Å². The van der Waals surface area contributed by atoms with Crippen molar-refractivity contribution in [2.75, 3.05) is 13.6 Å². The molecule has 1 rings (SSSR count). The Bertz CT molecular complexity index is 383. The molecule has 0 bridgehead atoms. The number of aromatic nitrogens is 2. The number of nitrogens with two attached hydrogens (primary N) is 1. The molecule has 5 nitrogen and oxygen atoms in total.